The van der Waals surface area contributed by atoms with E-state index < -0.39 is 0 Å². The van der Waals surface area contributed by atoms with Gasteiger partial charge in [-0.1, -0.05) is 111 Å². The van der Waals surface area contributed by atoms with Gasteiger partial charge >= 0.3 is 0 Å². The summed E-state index contributed by atoms with van der Waals surface area (Å²) in [6.07, 6.45) is 21.1. The van der Waals surface area contributed by atoms with Gasteiger partial charge in [-0.25, -0.2) is 0 Å². The van der Waals surface area contributed by atoms with E-state index in [-0.39, 0.29) is 0 Å². The van der Waals surface area contributed by atoms with Gasteiger partial charge in [0.25, 0.3) is 0 Å². The highest BCUT2D eigenvalue weighted by atomic mass is 14.1. The van der Waals surface area contributed by atoms with Crippen LogP contribution in [0.15, 0.2) is 0 Å². The van der Waals surface area contributed by atoms with Crippen LogP contribution in [-0.2, 0) is 0 Å². The van der Waals surface area contributed by atoms with Crippen LogP contribution in [0.1, 0.15) is 111 Å². The van der Waals surface area contributed by atoms with Gasteiger partial charge in [0.2, 0.25) is 0 Å². The maximum Gasteiger partial charge on any atom is -0.0329 e. The van der Waals surface area contributed by atoms with E-state index in [4.69, 9.17) is 0 Å². The lowest BCUT2D eigenvalue weighted by atomic mass is 9.89. The molecule has 0 nitrogen and oxygen atoms in total. The van der Waals surface area contributed by atoms with E-state index in [2.05, 4.69) is 34.1 Å². The molecule has 0 amide bonds. The van der Waals surface area contributed by atoms with Crippen molar-refractivity contribution in [3.63, 3.8) is 0 Å². The first-order valence-corrected chi connectivity index (χ1v) is 9.55. The fraction of sp³-hybridized carbons (Fsp3) is 0.950. The van der Waals surface area contributed by atoms with Gasteiger partial charge in [-0.2, -0.15) is 0 Å². The van der Waals surface area contributed by atoms with Crippen LogP contribution in [0.4, 0.5) is 0 Å². The molecule has 0 aromatic carbocycles. The third kappa shape index (κ3) is 14.4. The molecular formula is C20H41. The van der Waals surface area contributed by atoms with Crippen molar-refractivity contribution in [3.8, 4) is 0 Å². The highest BCUT2D eigenvalue weighted by Gasteiger charge is 2.08. The fourth-order valence-corrected chi connectivity index (χ4v) is 3.07. The molecule has 0 heteroatoms. The minimum atomic E-state index is 0.826. The first kappa shape index (κ1) is 20.0. The van der Waals surface area contributed by atoms with Crippen molar-refractivity contribution in [1.82, 2.24) is 0 Å². The number of hydrogen-bond donors (Lipinski definition) is 0. The van der Waals surface area contributed by atoms with Crippen LogP contribution >= 0.6 is 0 Å². The van der Waals surface area contributed by atoms with Crippen molar-refractivity contribution in [2.75, 3.05) is 0 Å². The molecule has 0 aliphatic rings. The summed E-state index contributed by atoms with van der Waals surface area (Å²) < 4.78 is 0. The second-order valence-corrected chi connectivity index (χ2v) is 6.91. The number of unbranched alkanes of at least 4 members (excludes halogenated alkanes) is 9. The van der Waals surface area contributed by atoms with Crippen LogP contribution in [0.25, 0.3) is 0 Å². The summed E-state index contributed by atoms with van der Waals surface area (Å²) >= 11 is 0. The first-order chi connectivity index (χ1) is 9.70. The lowest BCUT2D eigenvalue weighted by Crippen LogP contribution is -2.04. The molecule has 121 valence electrons. The molecule has 0 bridgehead atoms. The Morgan fingerprint density at radius 2 is 0.900 bits per heavy atom. The van der Waals surface area contributed by atoms with Gasteiger partial charge in [0.15, 0.2) is 0 Å². The maximum atomic E-state index is 2.62. The fourth-order valence-electron chi connectivity index (χ4n) is 3.07. The zero-order valence-corrected chi connectivity index (χ0v) is 14.9. The second kappa shape index (κ2) is 15.4. The summed E-state index contributed by atoms with van der Waals surface area (Å²) in [5.74, 6) is 1.65. The summed E-state index contributed by atoms with van der Waals surface area (Å²) in [6, 6.07) is 0. The quantitative estimate of drug-likeness (QED) is 0.271. The van der Waals surface area contributed by atoms with Crippen molar-refractivity contribution in [2.45, 2.75) is 111 Å². The smallest absolute Gasteiger partial charge is 0.0329 e. The van der Waals surface area contributed by atoms with E-state index in [0.717, 1.165) is 11.8 Å². The van der Waals surface area contributed by atoms with Crippen LogP contribution < -0.4 is 0 Å². The van der Waals surface area contributed by atoms with Gasteiger partial charge in [-0.15, -0.1) is 0 Å². The van der Waals surface area contributed by atoms with Crippen LogP contribution in [0.2, 0.25) is 0 Å². The lowest BCUT2D eigenvalue weighted by Gasteiger charge is -2.16. The monoisotopic (exact) mass is 281 g/mol. The van der Waals surface area contributed by atoms with E-state index in [0.29, 0.717) is 0 Å². The van der Waals surface area contributed by atoms with Gasteiger partial charge in [0.05, 0.1) is 0 Å². The lowest BCUT2D eigenvalue weighted by molar-refractivity contribution is 0.449. The van der Waals surface area contributed by atoms with Gasteiger partial charge in [0, 0.05) is 0 Å². The summed E-state index contributed by atoms with van der Waals surface area (Å²) in [5.41, 5.74) is 0. The Bertz CT molecular complexity index is 173. The zero-order valence-electron chi connectivity index (χ0n) is 14.9. The average molecular weight is 282 g/mol. The molecule has 0 saturated heterocycles. The van der Waals surface area contributed by atoms with Crippen molar-refractivity contribution in [1.29, 1.82) is 0 Å². The van der Waals surface area contributed by atoms with Gasteiger partial charge in [-0.05, 0) is 18.3 Å². The standard InChI is InChI=1S/C20H41/c1-5-7-9-11-13-15-17-20(4)18-19(3)16-14-12-10-8-6-2/h18-20H,5-17H2,1-4H3. The molecule has 2 unspecified atom stereocenters. The SMILES string of the molecule is CCCCCCCCC(C)[CH]C(C)CCCCCCC. The Morgan fingerprint density at radius 3 is 1.30 bits per heavy atom. The Kier molecular flexibility index (Phi) is 15.4. The molecule has 0 heterocycles. The molecule has 0 aromatic rings. The summed E-state index contributed by atoms with van der Waals surface area (Å²) in [7, 11) is 0. The second-order valence-electron chi connectivity index (χ2n) is 6.91. The average Bonchev–Trinajstić information content (AvgIpc) is 2.42. The molecule has 0 fully saturated rings. The van der Waals surface area contributed by atoms with Crippen LogP contribution in [0.5, 0.6) is 0 Å². The Balaban J connectivity index is 3.33. The molecule has 0 N–H and O–H groups in total. The predicted molar refractivity (Wildman–Crippen MR) is 94.0 cm³/mol. The Hall–Kier alpha value is 0. The third-order valence-electron chi connectivity index (χ3n) is 4.43. The summed E-state index contributed by atoms with van der Waals surface area (Å²) in [5, 5.41) is 0. The molecule has 0 aromatic heterocycles. The van der Waals surface area contributed by atoms with Gasteiger partial charge < -0.3 is 0 Å². The van der Waals surface area contributed by atoms with Crippen molar-refractivity contribution >= 4 is 0 Å². The van der Waals surface area contributed by atoms with Gasteiger partial charge in [-0.3, -0.25) is 0 Å². The normalized spacial score (nSPS) is 14.4. The van der Waals surface area contributed by atoms with Crippen molar-refractivity contribution < 1.29 is 0 Å². The molecule has 20 heavy (non-hydrogen) atoms. The molecule has 0 aliphatic heterocycles. The van der Waals surface area contributed by atoms with Crippen LogP contribution in [0.3, 0.4) is 0 Å². The molecule has 0 spiro atoms. The molecular weight excluding hydrogens is 240 g/mol. The van der Waals surface area contributed by atoms with E-state index in [9.17, 15) is 0 Å². The largest absolute Gasteiger partial charge is 0.0654 e. The Morgan fingerprint density at radius 1 is 0.550 bits per heavy atom. The molecule has 2 atom stereocenters. The number of hydrogen-bond acceptors (Lipinski definition) is 0. The summed E-state index contributed by atoms with van der Waals surface area (Å²) in [6.45, 7) is 9.41. The van der Waals surface area contributed by atoms with Crippen LogP contribution in [-0.4, -0.2) is 0 Å². The summed E-state index contributed by atoms with van der Waals surface area (Å²) in [4.78, 5) is 0. The van der Waals surface area contributed by atoms with Gasteiger partial charge in [0.1, 0.15) is 0 Å². The minimum Gasteiger partial charge on any atom is -0.0654 e. The third-order valence-corrected chi connectivity index (χ3v) is 4.43. The molecule has 0 saturated carbocycles. The van der Waals surface area contributed by atoms with Crippen molar-refractivity contribution in [3.05, 3.63) is 6.42 Å². The molecule has 0 rings (SSSR count). The highest BCUT2D eigenvalue weighted by molar-refractivity contribution is 4.78. The molecule has 1 radical (unpaired) electrons. The Labute approximate surface area is 130 Å². The molecule has 0 aliphatic carbocycles. The van der Waals surface area contributed by atoms with E-state index >= 15 is 0 Å². The first-order valence-electron chi connectivity index (χ1n) is 9.55. The van der Waals surface area contributed by atoms with Crippen LogP contribution in [0, 0.1) is 18.3 Å². The zero-order chi connectivity index (χ0) is 15.1. The van der Waals surface area contributed by atoms with E-state index in [1.807, 2.05) is 0 Å². The topological polar surface area (TPSA) is 0 Å². The minimum absolute atomic E-state index is 0.826. The van der Waals surface area contributed by atoms with E-state index in [1.165, 1.54) is 83.5 Å². The predicted octanol–water partition coefficient (Wildman–Crippen LogP) is 7.57. The number of rotatable bonds is 15. The van der Waals surface area contributed by atoms with E-state index in [1.54, 1.807) is 0 Å². The van der Waals surface area contributed by atoms with Crippen molar-refractivity contribution in [2.24, 2.45) is 11.8 Å². The highest BCUT2D eigenvalue weighted by Crippen LogP contribution is 2.21. The maximum absolute atomic E-state index is 2.62.